The Morgan fingerprint density at radius 3 is 2.67 bits per heavy atom. The molecule has 2 rings (SSSR count). The average Bonchev–Trinajstić information content (AvgIpc) is 2.54. The Balaban J connectivity index is 2.38. The van der Waals surface area contributed by atoms with E-state index in [9.17, 15) is 9.59 Å². The van der Waals surface area contributed by atoms with E-state index in [1.165, 1.54) is 4.90 Å². The van der Waals surface area contributed by atoms with E-state index in [2.05, 4.69) is 0 Å². The third-order valence-electron chi connectivity index (χ3n) is 2.90. The van der Waals surface area contributed by atoms with E-state index in [0.717, 1.165) is 0 Å². The molecule has 0 aromatic heterocycles. The summed E-state index contributed by atoms with van der Waals surface area (Å²) >= 11 is 0. The highest BCUT2D eigenvalue weighted by Gasteiger charge is 2.62. The zero-order valence-corrected chi connectivity index (χ0v) is 8.90. The normalized spacial score (nSPS) is 27.3. The molecule has 2 aliphatic rings. The van der Waals surface area contributed by atoms with Crippen molar-refractivity contribution in [3.05, 3.63) is 11.5 Å². The van der Waals surface area contributed by atoms with Crippen molar-refractivity contribution in [2.45, 2.75) is 33.4 Å². The number of ether oxygens (including phenoxy) is 1. The smallest absolute Gasteiger partial charge is 0.356 e. The number of carbonyl (C=O) groups excluding carboxylic acids is 1. The molecule has 1 saturated heterocycles. The number of aliphatic carboxylic acids is 1. The van der Waals surface area contributed by atoms with Crippen LogP contribution in [0.25, 0.3) is 0 Å². The van der Waals surface area contributed by atoms with Crippen LogP contribution in [0.1, 0.15) is 27.2 Å². The molecular weight excluding hydrogens is 198 g/mol. The van der Waals surface area contributed by atoms with Gasteiger partial charge in [0, 0.05) is 6.42 Å². The first-order chi connectivity index (χ1) is 6.91. The summed E-state index contributed by atoms with van der Waals surface area (Å²) in [6, 6.07) is 0. The number of hydrogen-bond acceptors (Lipinski definition) is 3. The third-order valence-corrected chi connectivity index (χ3v) is 2.90. The second-order valence-electron chi connectivity index (χ2n) is 4.30. The third kappa shape index (κ3) is 1.03. The Morgan fingerprint density at radius 2 is 2.20 bits per heavy atom. The first kappa shape index (κ1) is 10.0. The van der Waals surface area contributed by atoms with Crippen molar-refractivity contribution in [3.63, 3.8) is 0 Å². The lowest BCUT2D eigenvalue weighted by Gasteiger charge is -2.47. The fraction of sp³-hybridized carbons (Fsp3) is 0.600. The van der Waals surface area contributed by atoms with Gasteiger partial charge in [-0.3, -0.25) is 9.69 Å². The molecule has 0 saturated carbocycles. The van der Waals surface area contributed by atoms with Gasteiger partial charge in [-0.25, -0.2) is 4.79 Å². The molecule has 0 aromatic rings. The number of carboxylic acids is 1. The van der Waals surface area contributed by atoms with Crippen LogP contribution in [0.3, 0.4) is 0 Å². The number of allylic oxidation sites excluding steroid dienone is 1. The van der Waals surface area contributed by atoms with Gasteiger partial charge in [-0.2, -0.15) is 0 Å². The molecule has 0 aliphatic carbocycles. The van der Waals surface area contributed by atoms with E-state index in [1.54, 1.807) is 13.8 Å². The van der Waals surface area contributed by atoms with Crippen LogP contribution in [0, 0.1) is 5.41 Å². The number of carboxylic acid groups (broad SMARTS) is 1. The molecule has 1 amide bonds. The fourth-order valence-corrected chi connectivity index (χ4v) is 2.00. The lowest BCUT2D eigenvalue weighted by atomic mass is 9.80. The standard InChI is InChI=1S/C10H13NO4/c1-4-5-6(7(12)13)11-8(14)10(2,3)9(11)15-5/h9H,4H2,1-3H3,(H,12,13). The van der Waals surface area contributed by atoms with Crippen LogP contribution in [0.15, 0.2) is 11.5 Å². The first-order valence-corrected chi connectivity index (χ1v) is 4.88. The van der Waals surface area contributed by atoms with Gasteiger partial charge in [0.25, 0.3) is 0 Å². The molecule has 1 unspecified atom stereocenters. The van der Waals surface area contributed by atoms with E-state index in [-0.39, 0.29) is 11.6 Å². The van der Waals surface area contributed by atoms with Crippen LogP contribution in [-0.2, 0) is 14.3 Å². The van der Waals surface area contributed by atoms with Gasteiger partial charge in [-0.05, 0) is 13.8 Å². The molecule has 2 heterocycles. The Hall–Kier alpha value is -1.52. The van der Waals surface area contributed by atoms with Crippen LogP contribution in [0.2, 0.25) is 0 Å². The summed E-state index contributed by atoms with van der Waals surface area (Å²) in [5.41, 5.74) is -0.607. The van der Waals surface area contributed by atoms with Crippen molar-refractivity contribution in [3.8, 4) is 0 Å². The molecular formula is C10H13NO4. The van der Waals surface area contributed by atoms with E-state index in [0.29, 0.717) is 12.2 Å². The monoisotopic (exact) mass is 211 g/mol. The van der Waals surface area contributed by atoms with Crippen molar-refractivity contribution >= 4 is 11.9 Å². The summed E-state index contributed by atoms with van der Waals surface area (Å²) in [6.45, 7) is 5.32. The van der Waals surface area contributed by atoms with Crippen LogP contribution in [0.4, 0.5) is 0 Å². The molecule has 15 heavy (non-hydrogen) atoms. The van der Waals surface area contributed by atoms with Gasteiger partial charge in [-0.1, -0.05) is 6.92 Å². The molecule has 0 spiro atoms. The minimum atomic E-state index is -1.10. The zero-order chi connectivity index (χ0) is 11.4. The van der Waals surface area contributed by atoms with Crippen molar-refractivity contribution in [1.29, 1.82) is 0 Å². The molecule has 5 nitrogen and oxygen atoms in total. The highest BCUT2D eigenvalue weighted by atomic mass is 16.5. The molecule has 1 fully saturated rings. The molecule has 1 N–H and O–H groups in total. The van der Waals surface area contributed by atoms with E-state index in [4.69, 9.17) is 9.84 Å². The van der Waals surface area contributed by atoms with Gasteiger partial charge in [0.05, 0.1) is 0 Å². The van der Waals surface area contributed by atoms with Gasteiger partial charge < -0.3 is 9.84 Å². The van der Waals surface area contributed by atoms with E-state index in [1.807, 2.05) is 6.92 Å². The Bertz CT molecular complexity index is 383. The van der Waals surface area contributed by atoms with Crippen molar-refractivity contribution in [2.75, 3.05) is 0 Å². The Labute approximate surface area is 87.3 Å². The number of hydrogen-bond donors (Lipinski definition) is 1. The minimum absolute atomic E-state index is 0.00632. The first-order valence-electron chi connectivity index (χ1n) is 4.88. The molecule has 1 atom stereocenters. The van der Waals surface area contributed by atoms with Gasteiger partial charge in [0.1, 0.15) is 11.2 Å². The molecule has 82 valence electrons. The summed E-state index contributed by atoms with van der Waals surface area (Å²) in [5.74, 6) is -0.891. The van der Waals surface area contributed by atoms with Crippen molar-refractivity contribution in [1.82, 2.24) is 4.90 Å². The minimum Gasteiger partial charge on any atom is -0.476 e. The Morgan fingerprint density at radius 1 is 1.60 bits per heavy atom. The second kappa shape index (κ2) is 2.74. The summed E-state index contributed by atoms with van der Waals surface area (Å²) in [6.07, 6.45) is 0.0453. The largest absolute Gasteiger partial charge is 0.476 e. The SMILES string of the molecule is CCC1=C(C(=O)O)N2C(=O)C(C)(C)C2O1. The van der Waals surface area contributed by atoms with E-state index >= 15 is 0 Å². The highest BCUT2D eigenvalue weighted by molar-refractivity contribution is 6.00. The number of rotatable bonds is 2. The maximum atomic E-state index is 11.7. The second-order valence-corrected chi connectivity index (χ2v) is 4.30. The highest BCUT2D eigenvalue weighted by Crippen LogP contribution is 2.48. The zero-order valence-electron chi connectivity index (χ0n) is 8.90. The van der Waals surface area contributed by atoms with Crippen LogP contribution in [0.5, 0.6) is 0 Å². The maximum absolute atomic E-state index is 11.7. The molecule has 0 radical (unpaired) electrons. The van der Waals surface area contributed by atoms with E-state index < -0.39 is 17.6 Å². The quantitative estimate of drug-likeness (QED) is 0.689. The van der Waals surface area contributed by atoms with Crippen LogP contribution in [-0.4, -0.2) is 28.1 Å². The molecule has 5 heteroatoms. The molecule has 0 bridgehead atoms. The summed E-state index contributed by atoms with van der Waals surface area (Å²) in [4.78, 5) is 23.9. The summed E-state index contributed by atoms with van der Waals surface area (Å²) in [5, 5.41) is 8.99. The predicted molar refractivity (Wildman–Crippen MR) is 50.5 cm³/mol. The number of fused-ring (bicyclic) bond motifs is 1. The lowest BCUT2D eigenvalue weighted by molar-refractivity contribution is -0.188. The summed E-state index contributed by atoms with van der Waals surface area (Å²) in [7, 11) is 0. The molecule has 0 aromatic carbocycles. The molecule has 2 aliphatic heterocycles. The topological polar surface area (TPSA) is 66.8 Å². The van der Waals surface area contributed by atoms with Crippen LogP contribution < -0.4 is 0 Å². The summed E-state index contributed by atoms with van der Waals surface area (Å²) < 4.78 is 5.47. The van der Waals surface area contributed by atoms with Crippen molar-refractivity contribution in [2.24, 2.45) is 5.41 Å². The van der Waals surface area contributed by atoms with Gasteiger partial charge >= 0.3 is 5.97 Å². The number of carbonyl (C=O) groups is 2. The predicted octanol–water partition coefficient (Wildman–Crippen LogP) is 0.917. The number of nitrogens with zero attached hydrogens (tertiary/aromatic N) is 1. The van der Waals surface area contributed by atoms with Gasteiger partial charge in [0.2, 0.25) is 5.91 Å². The number of amides is 1. The lowest BCUT2D eigenvalue weighted by Crippen LogP contribution is -2.64. The Kier molecular flexibility index (Phi) is 1.83. The fourth-order valence-electron chi connectivity index (χ4n) is 2.00. The van der Waals surface area contributed by atoms with Gasteiger partial charge in [0.15, 0.2) is 11.9 Å². The average molecular weight is 211 g/mol. The maximum Gasteiger partial charge on any atom is 0.356 e. The van der Waals surface area contributed by atoms with Gasteiger partial charge in [-0.15, -0.1) is 0 Å². The van der Waals surface area contributed by atoms with Crippen molar-refractivity contribution < 1.29 is 19.4 Å². The number of β-lactam (4-membered cyclic amide) rings is 1. The van der Waals surface area contributed by atoms with Crippen LogP contribution >= 0.6 is 0 Å².